The van der Waals surface area contributed by atoms with Crippen LogP contribution in [0.3, 0.4) is 0 Å². The zero-order valence-corrected chi connectivity index (χ0v) is 14.5. The highest BCUT2D eigenvalue weighted by Crippen LogP contribution is 2.14. The molecule has 1 amide bonds. The Morgan fingerprint density at radius 2 is 2.05 bits per heavy atom. The van der Waals surface area contributed by atoms with Gasteiger partial charge in [-0.25, -0.2) is 13.1 Å². The Labute approximate surface area is 139 Å². The summed E-state index contributed by atoms with van der Waals surface area (Å²) >= 11 is 3.26. The van der Waals surface area contributed by atoms with Crippen molar-refractivity contribution in [2.75, 3.05) is 19.6 Å². The SMILES string of the molecule is O=C(CCNS(=O)(=O)c1ccc(Br)cc1)N[C@H]1CCCNC1. The van der Waals surface area contributed by atoms with Gasteiger partial charge in [0.05, 0.1) is 4.90 Å². The topological polar surface area (TPSA) is 87.3 Å². The molecule has 1 atom stereocenters. The number of benzene rings is 1. The average Bonchev–Trinajstić information content (AvgIpc) is 2.48. The molecule has 22 heavy (non-hydrogen) atoms. The van der Waals surface area contributed by atoms with E-state index in [1.54, 1.807) is 12.1 Å². The summed E-state index contributed by atoms with van der Waals surface area (Å²) in [6.07, 6.45) is 2.14. The van der Waals surface area contributed by atoms with Crippen LogP contribution in [0.25, 0.3) is 0 Å². The second-order valence-corrected chi connectivity index (χ2v) is 7.90. The average molecular weight is 390 g/mol. The van der Waals surface area contributed by atoms with E-state index in [4.69, 9.17) is 0 Å². The van der Waals surface area contributed by atoms with Crippen LogP contribution in [0.5, 0.6) is 0 Å². The van der Waals surface area contributed by atoms with E-state index in [0.29, 0.717) is 0 Å². The summed E-state index contributed by atoms with van der Waals surface area (Å²) in [7, 11) is -3.57. The first-order valence-electron chi connectivity index (χ1n) is 7.23. The predicted octanol–water partition coefficient (Wildman–Crippen LogP) is 0.986. The fraction of sp³-hybridized carbons (Fsp3) is 0.500. The summed E-state index contributed by atoms with van der Waals surface area (Å²) in [5, 5.41) is 6.13. The minimum absolute atomic E-state index is 0.0877. The van der Waals surface area contributed by atoms with E-state index < -0.39 is 10.0 Å². The van der Waals surface area contributed by atoms with E-state index in [9.17, 15) is 13.2 Å². The lowest BCUT2D eigenvalue weighted by molar-refractivity contribution is -0.121. The largest absolute Gasteiger partial charge is 0.352 e. The number of rotatable bonds is 6. The second kappa shape index (κ2) is 8.05. The lowest BCUT2D eigenvalue weighted by Gasteiger charge is -2.23. The molecule has 2 rings (SSSR count). The Bertz CT molecular complexity index is 598. The van der Waals surface area contributed by atoms with Crippen molar-refractivity contribution < 1.29 is 13.2 Å². The summed E-state index contributed by atoms with van der Waals surface area (Å²) in [6, 6.07) is 6.50. The van der Waals surface area contributed by atoms with Gasteiger partial charge in [0.2, 0.25) is 15.9 Å². The van der Waals surface area contributed by atoms with E-state index in [1.165, 1.54) is 12.1 Å². The normalized spacial score (nSPS) is 18.9. The second-order valence-electron chi connectivity index (χ2n) is 5.21. The van der Waals surface area contributed by atoms with Gasteiger partial charge < -0.3 is 10.6 Å². The van der Waals surface area contributed by atoms with Crippen LogP contribution in [0.15, 0.2) is 33.6 Å². The highest BCUT2D eigenvalue weighted by atomic mass is 79.9. The fourth-order valence-electron chi connectivity index (χ4n) is 2.27. The summed E-state index contributed by atoms with van der Waals surface area (Å²) in [5.74, 6) is -0.132. The van der Waals surface area contributed by atoms with Crippen LogP contribution in [0.4, 0.5) is 0 Å². The maximum absolute atomic E-state index is 12.0. The molecule has 3 N–H and O–H groups in total. The Morgan fingerprint density at radius 3 is 2.68 bits per heavy atom. The summed E-state index contributed by atoms with van der Waals surface area (Å²) in [6.45, 7) is 1.85. The molecule has 1 aromatic rings. The van der Waals surface area contributed by atoms with Crippen LogP contribution in [0.1, 0.15) is 19.3 Å². The molecule has 0 aromatic heterocycles. The molecule has 0 radical (unpaired) electrons. The van der Waals surface area contributed by atoms with Gasteiger partial charge in [0.1, 0.15) is 0 Å². The number of hydrogen-bond acceptors (Lipinski definition) is 4. The summed E-state index contributed by atoms with van der Waals surface area (Å²) < 4.78 is 27.3. The molecule has 1 aliphatic heterocycles. The van der Waals surface area contributed by atoms with Gasteiger partial charge in [0, 0.05) is 30.0 Å². The van der Waals surface area contributed by atoms with Crippen LogP contribution in [0.2, 0.25) is 0 Å². The third kappa shape index (κ3) is 5.35. The number of hydrogen-bond donors (Lipinski definition) is 3. The molecule has 8 heteroatoms. The van der Waals surface area contributed by atoms with Crippen molar-refractivity contribution in [1.82, 2.24) is 15.4 Å². The van der Waals surface area contributed by atoms with Crippen molar-refractivity contribution in [3.63, 3.8) is 0 Å². The maximum atomic E-state index is 12.0. The highest BCUT2D eigenvalue weighted by Gasteiger charge is 2.17. The maximum Gasteiger partial charge on any atom is 0.240 e. The van der Waals surface area contributed by atoms with Crippen LogP contribution in [0, 0.1) is 0 Å². The Balaban J connectivity index is 1.77. The van der Waals surface area contributed by atoms with Crippen LogP contribution >= 0.6 is 15.9 Å². The third-order valence-corrected chi connectivity index (χ3v) is 5.44. The van der Waals surface area contributed by atoms with Gasteiger partial charge in [-0.05, 0) is 43.7 Å². The monoisotopic (exact) mass is 389 g/mol. The molecular weight excluding hydrogens is 370 g/mol. The Kier molecular flexibility index (Phi) is 6.37. The molecular formula is C14H20BrN3O3S. The molecule has 0 unspecified atom stereocenters. The molecule has 0 aliphatic carbocycles. The van der Waals surface area contributed by atoms with E-state index in [1.807, 2.05) is 0 Å². The van der Waals surface area contributed by atoms with E-state index >= 15 is 0 Å². The summed E-state index contributed by atoms with van der Waals surface area (Å²) in [4.78, 5) is 12.0. The van der Waals surface area contributed by atoms with Crippen molar-refractivity contribution in [3.05, 3.63) is 28.7 Å². The van der Waals surface area contributed by atoms with Gasteiger partial charge in [-0.1, -0.05) is 15.9 Å². The van der Waals surface area contributed by atoms with E-state index in [-0.39, 0.29) is 29.8 Å². The Morgan fingerprint density at radius 1 is 1.32 bits per heavy atom. The van der Waals surface area contributed by atoms with Gasteiger partial charge in [-0.15, -0.1) is 0 Å². The quantitative estimate of drug-likeness (QED) is 0.676. The lowest BCUT2D eigenvalue weighted by atomic mass is 10.1. The molecule has 6 nitrogen and oxygen atoms in total. The van der Waals surface area contributed by atoms with Crippen LogP contribution in [-0.4, -0.2) is 40.0 Å². The van der Waals surface area contributed by atoms with Gasteiger partial charge >= 0.3 is 0 Å². The first kappa shape index (κ1) is 17.4. The molecule has 0 bridgehead atoms. The van der Waals surface area contributed by atoms with Crippen molar-refractivity contribution in [3.8, 4) is 0 Å². The number of piperidine rings is 1. The molecule has 1 aromatic carbocycles. The van der Waals surface area contributed by atoms with Gasteiger partial charge in [0.25, 0.3) is 0 Å². The number of halogens is 1. The molecule has 1 aliphatic rings. The zero-order valence-electron chi connectivity index (χ0n) is 12.1. The molecule has 1 fully saturated rings. The Hall–Kier alpha value is -0.960. The van der Waals surface area contributed by atoms with Crippen molar-refractivity contribution >= 4 is 31.9 Å². The van der Waals surface area contributed by atoms with Crippen molar-refractivity contribution in [2.24, 2.45) is 0 Å². The number of sulfonamides is 1. The van der Waals surface area contributed by atoms with Crippen molar-refractivity contribution in [1.29, 1.82) is 0 Å². The number of carbonyl (C=O) groups excluding carboxylic acids is 1. The standard InChI is InChI=1S/C14H20BrN3O3S/c15-11-3-5-13(6-4-11)22(20,21)17-9-7-14(19)18-12-2-1-8-16-10-12/h3-6,12,16-17H,1-2,7-10H2,(H,18,19)/t12-/m0/s1. The van der Waals surface area contributed by atoms with Crippen LogP contribution in [-0.2, 0) is 14.8 Å². The summed E-state index contributed by atoms with van der Waals surface area (Å²) in [5.41, 5.74) is 0. The van der Waals surface area contributed by atoms with Crippen LogP contribution < -0.4 is 15.4 Å². The zero-order chi connectivity index (χ0) is 16.0. The number of nitrogens with one attached hydrogen (secondary N) is 3. The molecule has 1 heterocycles. The lowest BCUT2D eigenvalue weighted by Crippen LogP contribution is -2.46. The van der Waals surface area contributed by atoms with Gasteiger partial charge in [-0.3, -0.25) is 4.79 Å². The number of carbonyl (C=O) groups is 1. The number of amides is 1. The highest BCUT2D eigenvalue weighted by molar-refractivity contribution is 9.10. The minimum atomic E-state index is -3.57. The van der Waals surface area contributed by atoms with E-state index in [0.717, 1.165) is 30.4 Å². The van der Waals surface area contributed by atoms with Gasteiger partial charge in [0.15, 0.2) is 0 Å². The smallest absolute Gasteiger partial charge is 0.240 e. The predicted molar refractivity (Wildman–Crippen MR) is 88.0 cm³/mol. The first-order valence-corrected chi connectivity index (χ1v) is 9.50. The first-order chi connectivity index (χ1) is 10.5. The van der Waals surface area contributed by atoms with Crippen molar-refractivity contribution in [2.45, 2.75) is 30.2 Å². The minimum Gasteiger partial charge on any atom is -0.352 e. The third-order valence-electron chi connectivity index (χ3n) is 3.43. The van der Waals surface area contributed by atoms with E-state index in [2.05, 4.69) is 31.3 Å². The molecule has 0 spiro atoms. The molecule has 0 saturated carbocycles. The fourth-order valence-corrected chi connectivity index (χ4v) is 3.57. The molecule has 122 valence electrons. The van der Waals surface area contributed by atoms with Gasteiger partial charge in [-0.2, -0.15) is 0 Å². The molecule has 1 saturated heterocycles.